The lowest BCUT2D eigenvalue weighted by atomic mass is 10.1. The molecule has 0 saturated carbocycles. The minimum atomic E-state index is 0.0737. The molecule has 144 valence electrons. The number of benzene rings is 3. The van der Waals surface area contributed by atoms with E-state index in [1.165, 1.54) is 5.56 Å². The third-order valence-electron chi connectivity index (χ3n) is 4.32. The summed E-state index contributed by atoms with van der Waals surface area (Å²) in [6.45, 7) is 1.31. The van der Waals surface area contributed by atoms with Gasteiger partial charge in [0.15, 0.2) is 0 Å². The van der Waals surface area contributed by atoms with Crippen LogP contribution in [0, 0.1) is 0 Å². The van der Waals surface area contributed by atoms with Crippen molar-refractivity contribution in [1.82, 2.24) is 5.32 Å². The van der Waals surface area contributed by atoms with Gasteiger partial charge < -0.3 is 15.4 Å². The van der Waals surface area contributed by atoms with E-state index < -0.39 is 0 Å². The Morgan fingerprint density at radius 1 is 0.750 bits per heavy atom. The molecule has 0 aliphatic heterocycles. The van der Waals surface area contributed by atoms with Gasteiger partial charge in [-0.05, 0) is 54.8 Å². The van der Waals surface area contributed by atoms with Crippen LogP contribution in [-0.4, -0.2) is 19.0 Å². The van der Waals surface area contributed by atoms with E-state index in [-0.39, 0.29) is 5.91 Å². The average Bonchev–Trinajstić information content (AvgIpc) is 2.74. The van der Waals surface area contributed by atoms with Gasteiger partial charge in [-0.3, -0.25) is 4.79 Å². The Morgan fingerprint density at radius 2 is 1.39 bits per heavy atom. The van der Waals surface area contributed by atoms with Crippen molar-refractivity contribution in [1.29, 1.82) is 0 Å². The summed E-state index contributed by atoms with van der Waals surface area (Å²) in [7, 11) is 0. The predicted octanol–water partition coefficient (Wildman–Crippen LogP) is 5.03. The molecule has 3 aromatic carbocycles. The SMILES string of the molecule is O=C(CCNc1ccc(Oc2ccccc2)cc1)NCCCc1ccccc1. The summed E-state index contributed by atoms with van der Waals surface area (Å²) in [5.41, 5.74) is 2.27. The third kappa shape index (κ3) is 6.80. The van der Waals surface area contributed by atoms with Crippen molar-refractivity contribution in [3.63, 3.8) is 0 Å². The molecule has 3 aromatic rings. The fourth-order valence-corrected chi connectivity index (χ4v) is 2.84. The molecule has 3 rings (SSSR count). The molecule has 0 radical (unpaired) electrons. The molecule has 0 unspecified atom stereocenters. The Hall–Kier alpha value is -3.27. The minimum absolute atomic E-state index is 0.0737. The second-order valence-electron chi connectivity index (χ2n) is 6.56. The van der Waals surface area contributed by atoms with Gasteiger partial charge >= 0.3 is 0 Å². The van der Waals surface area contributed by atoms with Gasteiger partial charge in [0.2, 0.25) is 5.91 Å². The number of amides is 1. The number of ether oxygens (including phenoxy) is 1. The lowest BCUT2D eigenvalue weighted by Crippen LogP contribution is -2.26. The maximum Gasteiger partial charge on any atom is 0.221 e. The van der Waals surface area contributed by atoms with E-state index in [1.807, 2.05) is 72.8 Å². The van der Waals surface area contributed by atoms with Gasteiger partial charge in [-0.25, -0.2) is 0 Å². The van der Waals surface area contributed by atoms with Crippen LogP contribution in [0.4, 0.5) is 5.69 Å². The lowest BCUT2D eigenvalue weighted by Gasteiger charge is -2.09. The largest absolute Gasteiger partial charge is 0.457 e. The topological polar surface area (TPSA) is 50.4 Å². The second-order valence-corrected chi connectivity index (χ2v) is 6.56. The van der Waals surface area contributed by atoms with Gasteiger partial charge in [0.05, 0.1) is 0 Å². The predicted molar refractivity (Wildman–Crippen MR) is 114 cm³/mol. The molecule has 0 atom stereocenters. The van der Waals surface area contributed by atoms with E-state index in [2.05, 4.69) is 22.8 Å². The van der Waals surface area contributed by atoms with Crippen LogP contribution in [0.2, 0.25) is 0 Å². The Morgan fingerprint density at radius 3 is 2.11 bits per heavy atom. The van der Waals surface area contributed by atoms with Gasteiger partial charge in [0, 0.05) is 25.2 Å². The number of para-hydroxylation sites is 1. The molecule has 0 aliphatic carbocycles. The van der Waals surface area contributed by atoms with E-state index >= 15 is 0 Å². The van der Waals surface area contributed by atoms with Crippen molar-refractivity contribution in [2.75, 3.05) is 18.4 Å². The highest BCUT2D eigenvalue weighted by atomic mass is 16.5. The van der Waals surface area contributed by atoms with E-state index in [0.717, 1.165) is 30.0 Å². The quantitative estimate of drug-likeness (QED) is 0.489. The molecule has 2 N–H and O–H groups in total. The molecule has 1 amide bonds. The molecule has 0 aromatic heterocycles. The van der Waals surface area contributed by atoms with Crippen molar-refractivity contribution < 1.29 is 9.53 Å². The van der Waals surface area contributed by atoms with E-state index in [1.54, 1.807) is 0 Å². The highest BCUT2D eigenvalue weighted by Crippen LogP contribution is 2.22. The second kappa shape index (κ2) is 10.8. The van der Waals surface area contributed by atoms with Gasteiger partial charge in [0.1, 0.15) is 11.5 Å². The fraction of sp³-hybridized carbons (Fsp3) is 0.208. The zero-order valence-corrected chi connectivity index (χ0v) is 15.9. The Balaban J connectivity index is 1.30. The number of aryl methyl sites for hydroxylation is 1. The molecular formula is C24H26N2O2. The molecule has 0 heterocycles. The van der Waals surface area contributed by atoms with Crippen LogP contribution in [0.25, 0.3) is 0 Å². The Labute approximate surface area is 166 Å². The first-order valence-electron chi connectivity index (χ1n) is 9.67. The van der Waals surface area contributed by atoms with Crippen LogP contribution in [0.15, 0.2) is 84.9 Å². The first kappa shape index (κ1) is 19.5. The highest BCUT2D eigenvalue weighted by Gasteiger charge is 2.02. The zero-order valence-electron chi connectivity index (χ0n) is 15.9. The number of rotatable bonds is 10. The molecular weight excluding hydrogens is 348 g/mol. The maximum absolute atomic E-state index is 11.9. The Bertz CT molecular complexity index is 833. The average molecular weight is 374 g/mol. The summed E-state index contributed by atoms with van der Waals surface area (Å²) < 4.78 is 5.77. The Kier molecular flexibility index (Phi) is 7.50. The van der Waals surface area contributed by atoms with E-state index in [9.17, 15) is 4.79 Å². The van der Waals surface area contributed by atoms with Gasteiger partial charge in [0.25, 0.3) is 0 Å². The number of carbonyl (C=O) groups excluding carboxylic acids is 1. The standard InChI is InChI=1S/C24H26N2O2/c27-24(26-18-7-10-20-8-3-1-4-9-20)17-19-25-21-13-15-23(16-14-21)28-22-11-5-2-6-12-22/h1-6,8-9,11-16,25H,7,10,17-19H2,(H,26,27). The monoisotopic (exact) mass is 374 g/mol. The third-order valence-corrected chi connectivity index (χ3v) is 4.32. The number of carbonyl (C=O) groups is 1. The van der Waals surface area contributed by atoms with Gasteiger partial charge in [-0.1, -0.05) is 48.5 Å². The number of hydrogen-bond donors (Lipinski definition) is 2. The van der Waals surface area contributed by atoms with Crippen LogP contribution in [0.1, 0.15) is 18.4 Å². The van der Waals surface area contributed by atoms with Crippen molar-refractivity contribution in [2.24, 2.45) is 0 Å². The highest BCUT2D eigenvalue weighted by molar-refractivity contribution is 5.76. The molecule has 0 saturated heterocycles. The van der Waals surface area contributed by atoms with E-state index in [0.29, 0.717) is 19.5 Å². The maximum atomic E-state index is 11.9. The van der Waals surface area contributed by atoms with E-state index in [4.69, 9.17) is 4.74 Å². The summed E-state index contributed by atoms with van der Waals surface area (Å²) in [5.74, 6) is 1.67. The zero-order chi connectivity index (χ0) is 19.4. The lowest BCUT2D eigenvalue weighted by molar-refractivity contribution is -0.120. The minimum Gasteiger partial charge on any atom is -0.457 e. The molecule has 0 spiro atoms. The normalized spacial score (nSPS) is 10.3. The fourth-order valence-electron chi connectivity index (χ4n) is 2.84. The van der Waals surface area contributed by atoms with Crippen LogP contribution < -0.4 is 15.4 Å². The van der Waals surface area contributed by atoms with Crippen LogP contribution in [-0.2, 0) is 11.2 Å². The summed E-state index contributed by atoms with van der Waals surface area (Å²) in [5, 5.41) is 6.24. The summed E-state index contributed by atoms with van der Waals surface area (Å²) in [6.07, 6.45) is 2.39. The summed E-state index contributed by atoms with van der Waals surface area (Å²) in [6, 6.07) is 27.8. The van der Waals surface area contributed by atoms with Crippen LogP contribution >= 0.6 is 0 Å². The van der Waals surface area contributed by atoms with Crippen molar-refractivity contribution >= 4 is 11.6 Å². The molecule has 0 aliphatic rings. The van der Waals surface area contributed by atoms with Crippen molar-refractivity contribution in [3.8, 4) is 11.5 Å². The number of nitrogens with one attached hydrogen (secondary N) is 2. The van der Waals surface area contributed by atoms with Crippen LogP contribution in [0.3, 0.4) is 0 Å². The first-order valence-corrected chi connectivity index (χ1v) is 9.67. The first-order chi connectivity index (χ1) is 13.8. The molecule has 0 fully saturated rings. The number of anilines is 1. The molecule has 0 bridgehead atoms. The van der Waals surface area contributed by atoms with Crippen LogP contribution in [0.5, 0.6) is 11.5 Å². The summed E-state index contributed by atoms with van der Waals surface area (Å²) in [4.78, 5) is 11.9. The van der Waals surface area contributed by atoms with Crippen molar-refractivity contribution in [2.45, 2.75) is 19.3 Å². The van der Waals surface area contributed by atoms with Gasteiger partial charge in [-0.15, -0.1) is 0 Å². The molecule has 4 heteroatoms. The van der Waals surface area contributed by atoms with Crippen molar-refractivity contribution in [3.05, 3.63) is 90.5 Å². The molecule has 4 nitrogen and oxygen atoms in total. The smallest absolute Gasteiger partial charge is 0.221 e. The summed E-state index contributed by atoms with van der Waals surface area (Å²) >= 11 is 0. The van der Waals surface area contributed by atoms with Gasteiger partial charge in [-0.2, -0.15) is 0 Å². The number of hydrogen-bond acceptors (Lipinski definition) is 3. The molecule has 28 heavy (non-hydrogen) atoms.